The van der Waals surface area contributed by atoms with E-state index < -0.39 is 0 Å². The van der Waals surface area contributed by atoms with Gasteiger partial charge in [-0.25, -0.2) is 0 Å². The molecule has 0 fully saturated rings. The smallest absolute Gasteiger partial charge is 0.257 e. The number of ketones is 1. The van der Waals surface area contributed by atoms with Gasteiger partial charge in [-0.15, -0.1) is 11.3 Å². The van der Waals surface area contributed by atoms with Crippen molar-refractivity contribution < 1.29 is 9.59 Å². The van der Waals surface area contributed by atoms with Crippen LogP contribution in [0.15, 0.2) is 37.9 Å². The predicted molar refractivity (Wildman–Crippen MR) is 84.1 cm³/mol. The van der Waals surface area contributed by atoms with Gasteiger partial charge in [0.25, 0.3) is 5.91 Å². The molecule has 0 aliphatic rings. The van der Waals surface area contributed by atoms with Gasteiger partial charge in [-0.2, -0.15) is 0 Å². The van der Waals surface area contributed by atoms with Gasteiger partial charge in [-0.3, -0.25) is 9.59 Å². The molecule has 1 aromatic carbocycles. The van der Waals surface area contributed by atoms with Crippen molar-refractivity contribution >= 4 is 60.6 Å². The number of amides is 1. The van der Waals surface area contributed by atoms with Crippen molar-refractivity contribution in [2.75, 3.05) is 5.32 Å². The second-order valence-electron chi connectivity index (χ2n) is 3.79. The van der Waals surface area contributed by atoms with E-state index in [4.69, 9.17) is 0 Å². The van der Waals surface area contributed by atoms with Crippen LogP contribution in [0.5, 0.6) is 0 Å². The number of nitrogens with one attached hydrogen (secondary N) is 1. The lowest BCUT2D eigenvalue weighted by atomic mass is 10.1. The SMILES string of the molecule is CC(=O)c1ccccc1NC(=O)c1cc(Br)sc1Br. The van der Waals surface area contributed by atoms with Gasteiger partial charge < -0.3 is 5.32 Å². The summed E-state index contributed by atoms with van der Waals surface area (Å²) in [5.74, 6) is -0.330. The summed E-state index contributed by atoms with van der Waals surface area (Å²) >= 11 is 8.09. The summed E-state index contributed by atoms with van der Waals surface area (Å²) in [5, 5.41) is 2.76. The Labute approximate surface area is 131 Å². The number of halogens is 2. The Kier molecular flexibility index (Phi) is 4.54. The van der Waals surface area contributed by atoms with E-state index in [1.165, 1.54) is 18.3 Å². The van der Waals surface area contributed by atoms with E-state index in [0.717, 1.165) is 7.57 Å². The fourth-order valence-corrected chi connectivity index (χ4v) is 4.38. The van der Waals surface area contributed by atoms with Crippen molar-refractivity contribution in [2.24, 2.45) is 0 Å². The van der Waals surface area contributed by atoms with Gasteiger partial charge in [-0.1, -0.05) is 12.1 Å². The van der Waals surface area contributed by atoms with Gasteiger partial charge in [0.15, 0.2) is 5.78 Å². The van der Waals surface area contributed by atoms with E-state index in [1.807, 2.05) is 0 Å². The Bertz CT molecular complexity index is 652. The highest BCUT2D eigenvalue weighted by Crippen LogP contribution is 2.32. The normalized spacial score (nSPS) is 10.3. The average Bonchev–Trinajstić information content (AvgIpc) is 2.69. The number of Topliss-reactive ketones (excluding diaryl/α,β-unsaturated/α-hetero) is 1. The van der Waals surface area contributed by atoms with E-state index in [2.05, 4.69) is 37.2 Å². The lowest BCUT2D eigenvalue weighted by molar-refractivity contribution is 0.101. The molecule has 0 radical (unpaired) electrons. The minimum atomic E-state index is -0.248. The van der Waals surface area contributed by atoms with E-state index in [1.54, 1.807) is 30.3 Å². The molecule has 0 bridgehead atoms. The van der Waals surface area contributed by atoms with Gasteiger partial charge in [-0.05, 0) is 57.0 Å². The highest BCUT2D eigenvalue weighted by atomic mass is 79.9. The Balaban J connectivity index is 2.29. The molecule has 98 valence electrons. The molecule has 0 saturated carbocycles. The maximum atomic E-state index is 12.2. The Morgan fingerprint density at radius 3 is 2.42 bits per heavy atom. The number of benzene rings is 1. The first kappa shape index (κ1) is 14.4. The van der Waals surface area contributed by atoms with Crippen molar-refractivity contribution in [3.05, 3.63) is 49.0 Å². The highest BCUT2D eigenvalue weighted by molar-refractivity contribution is 9.12. The van der Waals surface area contributed by atoms with E-state index in [0.29, 0.717) is 16.8 Å². The fourth-order valence-electron chi connectivity index (χ4n) is 1.58. The van der Waals surface area contributed by atoms with E-state index in [-0.39, 0.29) is 11.7 Å². The Morgan fingerprint density at radius 1 is 1.16 bits per heavy atom. The summed E-state index contributed by atoms with van der Waals surface area (Å²) in [4.78, 5) is 23.6. The van der Waals surface area contributed by atoms with Crippen LogP contribution in [0.2, 0.25) is 0 Å². The van der Waals surface area contributed by atoms with Crippen LogP contribution in [0.4, 0.5) is 5.69 Å². The van der Waals surface area contributed by atoms with Crippen molar-refractivity contribution in [3.63, 3.8) is 0 Å². The molecule has 0 aliphatic heterocycles. The third-order valence-corrected chi connectivity index (χ3v) is 4.80. The number of hydrogen-bond donors (Lipinski definition) is 1. The highest BCUT2D eigenvalue weighted by Gasteiger charge is 2.15. The molecule has 19 heavy (non-hydrogen) atoms. The molecule has 0 atom stereocenters. The Hall–Kier alpha value is -0.980. The summed E-state index contributed by atoms with van der Waals surface area (Å²) in [6.07, 6.45) is 0. The first-order chi connectivity index (χ1) is 8.99. The number of rotatable bonds is 3. The zero-order valence-corrected chi connectivity index (χ0v) is 13.9. The van der Waals surface area contributed by atoms with Crippen LogP contribution >= 0.6 is 43.2 Å². The van der Waals surface area contributed by atoms with Crippen molar-refractivity contribution in [2.45, 2.75) is 6.92 Å². The zero-order valence-electron chi connectivity index (χ0n) is 9.87. The lowest BCUT2D eigenvalue weighted by Gasteiger charge is -2.08. The van der Waals surface area contributed by atoms with Crippen LogP contribution in [0, 0.1) is 0 Å². The minimum Gasteiger partial charge on any atom is -0.321 e. The molecule has 1 aromatic heterocycles. The van der Waals surface area contributed by atoms with Crippen molar-refractivity contribution in [3.8, 4) is 0 Å². The summed E-state index contributed by atoms with van der Waals surface area (Å²) in [5.41, 5.74) is 1.56. The summed E-state index contributed by atoms with van der Waals surface area (Å²) < 4.78 is 1.61. The second kappa shape index (κ2) is 5.98. The van der Waals surface area contributed by atoms with Crippen molar-refractivity contribution in [1.29, 1.82) is 0 Å². The minimum absolute atomic E-state index is 0.0820. The fraction of sp³-hybridized carbons (Fsp3) is 0.0769. The molecular weight excluding hydrogens is 394 g/mol. The monoisotopic (exact) mass is 401 g/mol. The quantitative estimate of drug-likeness (QED) is 0.754. The number of hydrogen-bond acceptors (Lipinski definition) is 3. The molecular formula is C13H9Br2NO2S. The maximum Gasteiger partial charge on any atom is 0.257 e. The first-order valence-corrected chi connectivity index (χ1v) is 7.75. The molecule has 0 spiro atoms. The topological polar surface area (TPSA) is 46.2 Å². The van der Waals surface area contributed by atoms with E-state index >= 15 is 0 Å². The summed E-state index contributed by atoms with van der Waals surface area (Å²) in [6.45, 7) is 1.47. The molecule has 1 amide bonds. The van der Waals surface area contributed by atoms with Crippen molar-refractivity contribution in [1.82, 2.24) is 0 Å². The van der Waals surface area contributed by atoms with Crippen LogP contribution < -0.4 is 5.32 Å². The van der Waals surface area contributed by atoms with Crippen LogP contribution in [-0.2, 0) is 0 Å². The predicted octanol–water partition coefficient (Wildman–Crippen LogP) is 4.73. The molecule has 1 heterocycles. The molecule has 6 heteroatoms. The van der Waals surface area contributed by atoms with E-state index in [9.17, 15) is 9.59 Å². The third-order valence-electron chi connectivity index (χ3n) is 2.46. The second-order valence-corrected chi connectivity index (χ2v) is 7.54. The van der Waals surface area contributed by atoms with Crippen LogP contribution in [0.3, 0.4) is 0 Å². The third kappa shape index (κ3) is 3.32. The van der Waals surface area contributed by atoms with Gasteiger partial charge >= 0.3 is 0 Å². The van der Waals surface area contributed by atoms with Gasteiger partial charge in [0, 0.05) is 5.56 Å². The van der Waals surface area contributed by atoms with Crippen LogP contribution in [0.1, 0.15) is 27.6 Å². The molecule has 1 N–H and O–H groups in total. The standard InChI is InChI=1S/C13H9Br2NO2S/c1-7(17)8-4-2-3-5-10(8)16-13(18)9-6-11(14)19-12(9)15/h2-6H,1H3,(H,16,18). The van der Waals surface area contributed by atoms with Gasteiger partial charge in [0.1, 0.15) is 0 Å². The molecule has 0 saturated heterocycles. The first-order valence-electron chi connectivity index (χ1n) is 5.35. The zero-order chi connectivity index (χ0) is 14.0. The summed E-state index contributed by atoms with van der Waals surface area (Å²) in [6, 6.07) is 8.69. The molecule has 2 rings (SSSR count). The largest absolute Gasteiger partial charge is 0.321 e. The van der Waals surface area contributed by atoms with Gasteiger partial charge in [0.05, 0.1) is 18.8 Å². The number of thiophene rings is 1. The maximum absolute atomic E-state index is 12.2. The summed E-state index contributed by atoms with van der Waals surface area (Å²) in [7, 11) is 0. The average molecular weight is 403 g/mol. The molecule has 2 aromatic rings. The number of carbonyl (C=O) groups excluding carboxylic acids is 2. The molecule has 3 nitrogen and oxygen atoms in total. The van der Waals surface area contributed by atoms with Gasteiger partial charge in [0.2, 0.25) is 0 Å². The Morgan fingerprint density at radius 2 is 1.84 bits per heavy atom. The number of carbonyl (C=O) groups is 2. The molecule has 0 aliphatic carbocycles. The molecule has 0 unspecified atom stereocenters. The lowest BCUT2D eigenvalue weighted by Crippen LogP contribution is -2.13. The van der Waals surface area contributed by atoms with Crippen LogP contribution in [-0.4, -0.2) is 11.7 Å². The number of para-hydroxylation sites is 1. The number of anilines is 1. The van der Waals surface area contributed by atoms with Crippen LogP contribution in [0.25, 0.3) is 0 Å².